The Morgan fingerprint density at radius 1 is 0.500 bits per heavy atom. The molecule has 0 atom stereocenters. The van der Waals surface area contributed by atoms with E-state index in [9.17, 15) is 0 Å². The zero-order valence-corrected chi connectivity index (χ0v) is 13.1. The summed E-state index contributed by atoms with van der Waals surface area (Å²) in [5.41, 5.74) is 0. The van der Waals surface area contributed by atoms with Crippen LogP contribution in [0.5, 0.6) is 0 Å². The molecule has 45 valence electrons. The van der Waals surface area contributed by atoms with E-state index in [-0.39, 0.29) is 107 Å². The number of hydrogen-bond donors (Lipinski definition) is 0. The Bertz CT molecular complexity index is 3.90. The molecular formula is H4Br5Nb-. The molecule has 6 heavy (non-hydrogen) atoms. The molecule has 0 heterocycles. The minimum atomic E-state index is 0. The Morgan fingerprint density at radius 2 is 0.500 bits per heavy atom. The van der Waals surface area contributed by atoms with Crippen LogP contribution in [0.25, 0.3) is 0 Å². The van der Waals surface area contributed by atoms with Crippen molar-refractivity contribution in [1.82, 2.24) is 0 Å². The van der Waals surface area contributed by atoms with Crippen molar-refractivity contribution in [2.75, 3.05) is 0 Å². The molecular weight excluding hydrogens is 492 g/mol. The molecule has 0 aromatic rings. The van der Waals surface area contributed by atoms with Crippen LogP contribution in [0.15, 0.2) is 0 Å². The third kappa shape index (κ3) is 27.3. The molecule has 0 saturated carbocycles. The van der Waals surface area contributed by atoms with Gasteiger partial charge < -0.3 is 17.0 Å². The van der Waals surface area contributed by atoms with E-state index in [1.807, 2.05) is 0 Å². The van der Waals surface area contributed by atoms with Crippen molar-refractivity contribution in [2.45, 2.75) is 0 Å². The summed E-state index contributed by atoms with van der Waals surface area (Å²) < 4.78 is 0. The van der Waals surface area contributed by atoms with Crippen molar-refractivity contribution in [3.63, 3.8) is 0 Å². The molecule has 0 spiro atoms. The Morgan fingerprint density at radius 3 is 0.500 bits per heavy atom. The summed E-state index contributed by atoms with van der Waals surface area (Å²) in [6.07, 6.45) is 0. The fraction of sp³-hybridized carbons (Fsp3) is 0. The quantitative estimate of drug-likeness (QED) is 0.390. The van der Waals surface area contributed by atoms with E-state index >= 15 is 0 Å². The first kappa shape index (κ1) is 61.4. The molecule has 0 aliphatic carbocycles. The largest absolute Gasteiger partial charge is 1.00 e. The summed E-state index contributed by atoms with van der Waals surface area (Å²) in [6, 6.07) is 0. The first-order valence-corrected chi connectivity index (χ1v) is 0. The summed E-state index contributed by atoms with van der Waals surface area (Å²) in [6.45, 7) is 0. The van der Waals surface area contributed by atoms with Gasteiger partial charge >= 0.3 is 0 Å². The second kappa shape index (κ2) is 42.1. The summed E-state index contributed by atoms with van der Waals surface area (Å²) in [5.74, 6) is 0. The van der Waals surface area contributed by atoms with Gasteiger partial charge in [0.05, 0.1) is 0 Å². The van der Waals surface area contributed by atoms with Crippen molar-refractivity contribution in [2.24, 2.45) is 0 Å². The van der Waals surface area contributed by atoms with E-state index in [2.05, 4.69) is 0 Å². The van der Waals surface area contributed by atoms with E-state index in [0.29, 0.717) is 0 Å². The predicted octanol–water partition coefficient (Wildman–Crippen LogP) is -0.687. The molecule has 0 amide bonds. The number of halogens is 5. The zero-order valence-electron chi connectivity index (χ0n) is 2.46. The Hall–Kier alpha value is 3.14. The molecule has 1 radical (unpaired) electrons. The molecule has 0 saturated heterocycles. The summed E-state index contributed by atoms with van der Waals surface area (Å²) in [4.78, 5) is 0. The van der Waals surface area contributed by atoms with Gasteiger partial charge in [-0.3, -0.25) is 0 Å². The molecule has 0 aromatic carbocycles. The average molecular weight is 496 g/mol. The van der Waals surface area contributed by atoms with Crippen LogP contribution in [0, 0.1) is 0 Å². The van der Waals surface area contributed by atoms with Gasteiger partial charge in [-0.25, -0.2) is 0 Å². The first-order chi connectivity index (χ1) is 0. The summed E-state index contributed by atoms with van der Waals surface area (Å²) in [5, 5.41) is 0. The van der Waals surface area contributed by atoms with Gasteiger partial charge in [0.2, 0.25) is 0 Å². The number of rotatable bonds is 0. The van der Waals surface area contributed by atoms with Gasteiger partial charge in [0.15, 0.2) is 0 Å². The van der Waals surface area contributed by atoms with Crippen LogP contribution in [0.1, 0.15) is 0 Å². The molecule has 0 aliphatic rings. The third-order valence-electron chi connectivity index (χ3n) is 0. The summed E-state index contributed by atoms with van der Waals surface area (Å²) >= 11 is 0. The normalized spacial score (nSPS) is 0. The van der Waals surface area contributed by atoms with Gasteiger partial charge in [0.1, 0.15) is 0 Å². The molecule has 0 aliphatic heterocycles. The van der Waals surface area contributed by atoms with Crippen molar-refractivity contribution in [3.8, 4) is 0 Å². The van der Waals surface area contributed by atoms with Crippen LogP contribution in [-0.2, 0) is 22.4 Å². The van der Waals surface area contributed by atoms with Gasteiger partial charge in [-0.2, -0.15) is 0 Å². The monoisotopic (exact) mass is 492 g/mol. The van der Waals surface area contributed by atoms with E-state index in [1.54, 1.807) is 0 Å². The van der Waals surface area contributed by atoms with Gasteiger partial charge in [-0.15, -0.1) is 67.9 Å². The van der Waals surface area contributed by atoms with E-state index in [0.717, 1.165) is 0 Å². The molecule has 6 heteroatoms. The second-order valence-corrected chi connectivity index (χ2v) is 0. The minimum Gasteiger partial charge on any atom is -1.00 e. The standard InChI is InChI=1S/5BrH.Nb/h5*1H;/p-1. The van der Waals surface area contributed by atoms with Gasteiger partial charge in [-0.05, 0) is 0 Å². The second-order valence-electron chi connectivity index (χ2n) is 0. The minimum absolute atomic E-state index is 0. The van der Waals surface area contributed by atoms with Crippen molar-refractivity contribution >= 4 is 67.9 Å². The maximum atomic E-state index is 0. The molecule has 0 aromatic heterocycles. The predicted molar refractivity (Wildman–Crippen MR) is 41.3 cm³/mol. The zero-order chi connectivity index (χ0) is 0. The van der Waals surface area contributed by atoms with Crippen LogP contribution < -0.4 is 17.0 Å². The van der Waals surface area contributed by atoms with Crippen molar-refractivity contribution in [3.05, 3.63) is 0 Å². The Balaban J connectivity index is 0. The maximum absolute atomic E-state index is 0. The summed E-state index contributed by atoms with van der Waals surface area (Å²) in [7, 11) is 0. The van der Waals surface area contributed by atoms with Crippen molar-refractivity contribution < 1.29 is 39.4 Å². The SMILES string of the molecule is Br.Br.Br.Br.[Br-].[Nb]. The van der Waals surface area contributed by atoms with Crippen LogP contribution >= 0.6 is 67.9 Å². The molecule has 0 bridgehead atoms. The van der Waals surface area contributed by atoms with E-state index in [4.69, 9.17) is 0 Å². The average Bonchev–Trinajstić information content (AvgIpc) is 0. The van der Waals surface area contributed by atoms with Crippen LogP contribution in [-0.4, -0.2) is 0 Å². The smallest absolute Gasteiger partial charge is 0 e. The molecule has 0 N–H and O–H groups in total. The van der Waals surface area contributed by atoms with Crippen molar-refractivity contribution in [1.29, 1.82) is 0 Å². The topological polar surface area (TPSA) is 0 Å². The molecule has 0 unspecified atom stereocenters. The maximum Gasteiger partial charge on any atom is 0 e. The van der Waals surface area contributed by atoms with Crippen LogP contribution in [0.4, 0.5) is 0 Å². The fourth-order valence-electron chi connectivity index (χ4n) is 0. The molecule has 0 rings (SSSR count). The number of hydrogen-bond acceptors (Lipinski definition) is 0. The van der Waals surface area contributed by atoms with Gasteiger partial charge in [0, 0.05) is 22.4 Å². The first-order valence-electron chi connectivity index (χ1n) is 0. The van der Waals surface area contributed by atoms with Crippen LogP contribution in [0.3, 0.4) is 0 Å². The molecule has 0 nitrogen and oxygen atoms in total. The Kier molecular flexibility index (Phi) is 431. The van der Waals surface area contributed by atoms with E-state index < -0.39 is 0 Å². The van der Waals surface area contributed by atoms with Gasteiger partial charge in [0.25, 0.3) is 0 Å². The Labute approximate surface area is 106 Å². The van der Waals surface area contributed by atoms with E-state index in [1.165, 1.54) is 0 Å². The third-order valence-corrected chi connectivity index (χ3v) is 0. The fourth-order valence-corrected chi connectivity index (χ4v) is 0. The molecule has 0 fully saturated rings. The van der Waals surface area contributed by atoms with Crippen LogP contribution in [0.2, 0.25) is 0 Å². The van der Waals surface area contributed by atoms with Gasteiger partial charge in [-0.1, -0.05) is 0 Å².